The van der Waals surface area contributed by atoms with Gasteiger partial charge in [-0.1, -0.05) is 41.6 Å². The highest BCUT2D eigenvalue weighted by Crippen LogP contribution is 2.21. The van der Waals surface area contributed by atoms with Crippen molar-refractivity contribution in [1.82, 2.24) is 20.1 Å². The minimum Gasteiger partial charge on any atom is -0.351 e. The molecule has 0 fully saturated rings. The van der Waals surface area contributed by atoms with Crippen LogP contribution in [0.15, 0.2) is 60.0 Å². The van der Waals surface area contributed by atoms with E-state index in [2.05, 4.69) is 21.6 Å². The lowest BCUT2D eigenvalue weighted by Crippen LogP contribution is -2.24. The van der Waals surface area contributed by atoms with Gasteiger partial charge in [-0.05, 0) is 35.9 Å². The molecule has 6 nitrogen and oxygen atoms in total. The first kappa shape index (κ1) is 18.0. The monoisotopic (exact) mass is 383 g/mol. The zero-order valence-electron chi connectivity index (χ0n) is 13.6. The minimum absolute atomic E-state index is 0.111. The van der Waals surface area contributed by atoms with E-state index in [-0.39, 0.29) is 11.7 Å². The molecule has 1 aromatic heterocycles. The third-order valence-corrected chi connectivity index (χ3v) is 4.69. The van der Waals surface area contributed by atoms with Gasteiger partial charge >= 0.3 is 0 Å². The predicted molar refractivity (Wildman–Crippen MR) is 100 cm³/mol. The number of nitrogens with zero attached hydrogens (tertiary/aromatic N) is 4. The van der Waals surface area contributed by atoms with Crippen LogP contribution in [-0.2, 0) is 11.3 Å². The Hall–Kier alpha value is -2.82. The van der Waals surface area contributed by atoms with Crippen molar-refractivity contribution in [3.63, 3.8) is 0 Å². The Balaban J connectivity index is 1.55. The summed E-state index contributed by atoms with van der Waals surface area (Å²) in [7, 11) is 0. The van der Waals surface area contributed by atoms with Crippen LogP contribution < -0.4 is 5.32 Å². The summed E-state index contributed by atoms with van der Waals surface area (Å²) in [6, 6.07) is 16.5. The number of nitriles is 1. The molecule has 0 saturated heterocycles. The Morgan fingerprint density at radius 2 is 2.08 bits per heavy atom. The van der Waals surface area contributed by atoms with Gasteiger partial charge in [0.1, 0.15) is 6.33 Å². The van der Waals surface area contributed by atoms with Gasteiger partial charge in [-0.2, -0.15) is 5.26 Å². The minimum atomic E-state index is -0.111. The number of aromatic nitrogens is 3. The van der Waals surface area contributed by atoms with E-state index >= 15 is 0 Å². The first-order valence-electron chi connectivity index (χ1n) is 7.70. The van der Waals surface area contributed by atoms with Crippen LogP contribution in [-0.4, -0.2) is 26.4 Å². The van der Waals surface area contributed by atoms with Gasteiger partial charge in [0.25, 0.3) is 0 Å². The summed E-state index contributed by atoms with van der Waals surface area (Å²) >= 11 is 7.31. The third kappa shape index (κ3) is 4.63. The van der Waals surface area contributed by atoms with Gasteiger partial charge in [0.15, 0.2) is 5.16 Å². The number of carbonyl (C=O) groups excluding carboxylic acids is 1. The number of rotatable bonds is 6. The Morgan fingerprint density at radius 1 is 1.27 bits per heavy atom. The number of hydrogen-bond donors (Lipinski definition) is 1. The molecular formula is C18H14ClN5OS. The Kier molecular flexibility index (Phi) is 5.89. The predicted octanol–water partition coefficient (Wildman–Crippen LogP) is 3.20. The Morgan fingerprint density at radius 3 is 2.81 bits per heavy atom. The van der Waals surface area contributed by atoms with Gasteiger partial charge in [0.2, 0.25) is 5.91 Å². The quantitative estimate of drug-likeness (QED) is 0.661. The molecule has 8 heteroatoms. The van der Waals surface area contributed by atoms with Crippen molar-refractivity contribution in [2.24, 2.45) is 0 Å². The molecule has 0 spiro atoms. The van der Waals surface area contributed by atoms with Gasteiger partial charge in [0, 0.05) is 11.6 Å². The topological polar surface area (TPSA) is 83.6 Å². The SMILES string of the molecule is N#Cc1ccc(CNC(=O)CSc2nncn2-c2cccc(Cl)c2)cc1. The highest BCUT2D eigenvalue weighted by molar-refractivity contribution is 7.99. The van der Waals surface area contributed by atoms with Crippen LogP contribution >= 0.6 is 23.4 Å². The van der Waals surface area contributed by atoms with Crippen LogP contribution in [0.5, 0.6) is 0 Å². The Labute approximate surface area is 159 Å². The molecule has 1 amide bonds. The maximum absolute atomic E-state index is 12.1. The second-order valence-corrected chi connectivity index (χ2v) is 6.72. The highest BCUT2D eigenvalue weighted by Gasteiger charge is 2.10. The second-order valence-electron chi connectivity index (χ2n) is 5.34. The van der Waals surface area contributed by atoms with E-state index in [0.717, 1.165) is 11.3 Å². The zero-order chi connectivity index (χ0) is 18.4. The molecule has 0 aliphatic rings. The molecule has 0 aliphatic carbocycles. The summed E-state index contributed by atoms with van der Waals surface area (Å²) in [5, 5.41) is 20.8. The maximum atomic E-state index is 12.1. The van der Waals surface area contributed by atoms with E-state index in [1.54, 1.807) is 35.2 Å². The lowest BCUT2D eigenvalue weighted by atomic mass is 10.1. The molecule has 0 bridgehead atoms. The van der Waals surface area contributed by atoms with Crippen molar-refractivity contribution >= 4 is 29.3 Å². The summed E-state index contributed by atoms with van der Waals surface area (Å²) in [6.45, 7) is 0.409. The average Bonchev–Trinajstić information content (AvgIpc) is 3.14. The molecule has 26 heavy (non-hydrogen) atoms. The van der Waals surface area contributed by atoms with E-state index in [0.29, 0.717) is 22.3 Å². The molecule has 2 aromatic carbocycles. The largest absolute Gasteiger partial charge is 0.351 e. The van der Waals surface area contributed by atoms with Crippen molar-refractivity contribution in [3.05, 3.63) is 71.0 Å². The molecule has 0 saturated carbocycles. The fourth-order valence-electron chi connectivity index (χ4n) is 2.20. The third-order valence-electron chi connectivity index (χ3n) is 3.51. The average molecular weight is 384 g/mol. The number of thioether (sulfide) groups is 1. The number of hydrogen-bond acceptors (Lipinski definition) is 5. The lowest BCUT2D eigenvalue weighted by Gasteiger charge is -2.07. The molecule has 0 aliphatic heterocycles. The number of amides is 1. The molecule has 0 atom stereocenters. The fourth-order valence-corrected chi connectivity index (χ4v) is 3.15. The highest BCUT2D eigenvalue weighted by atomic mass is 35.5. The van der Waals surface area contributed by atoms with E-state index in [4.69, 9.17) is 16.9 Å². The first-order valence-corrected chi connectivity index (χ1v) is 9.06. The zero-order valence-corrected chi connectivity index (χ0v) is 15.2. The van der Waals surface area contributed by atoms with Crippen LogP contribution in [0.1, 0.15) is 11.1 Å². The van der Waals surface area contributed by atoms with Gasteiger partial charge < -0.3 is 5.32 Å². The van der Waals surface area contributed by atoms with Crippen molar-refractivity contribution in [1.29, 1.82) is 5.26 Å². The summed E-state index contributed by atoms with van der Waals surface area (Å²) in [6.07, 6.45) is 1.59. The smallest absolute Gasteiger partial charge is 0.230 e. The number of carbonyl (C=O) groups is 1. The Bertz CT molecular complexity index is 949. The van der Waals surface area contributed by atoms with E-state index in [9.17, 15) is 4.79 Å². The molecule has 1 heterocycles. The number of halogens is 1. The molecule has 3 rings (SSSR count). The second kappa shape index (κ2) is 8.52. The maximum Gasteiger partial charge on any atom is 0.230 e. The van der Waals surface area contributed by atoms with Crippen molar-refractivity contribution in [3.8, 4) is 11.8 Å². The van der Waals surface area contributed by atoms with Gasteiger partial charge in [-0.15, -0.1) is 10.2 Å². The molecular weight excluding hydrogens is 370 g/mol. The van der Waals surface area contributed by atoms with Crippen LogP contribution in [0.3, 0.4) is 0 Å². The molecule has 130 valence electrons. The van der Waals surface area contributed by atoms with E-state index in [1.807, 2.05) is 24.3 Å². The molecule has 0 unspecified atom stereocenters. The van der Waals surface area contributed by atoms with Crippen LogP contribution in [0.25, 0.3) is 5.69 Å². The molecule has 1 N–H and O–H groups in total. The van der Waals surface area contributed by atoms with E-state index in [1.165, 1.54) is 11.8 Å². The van der Waals surface area contributed by atoms with Crippen LogP contribution in [0, 0.1) is 11.3 Å². The van der Waals surface area contributed by atoms with Crippen molar-refractivity contribution in [2.75, 3.05) is 5.75 Å². The summed E-state index contributed by atoms with van der Waals surface area (Å²) in [4.78, 5) is 12.1. The van der Waals surface area contributed by atoms with Gasteiger partial charge in [-0.3, -0.25) is 9.36 Å². The summed E-state index contributed by atoms with van der Waals surface area (Å²) in [5.74, 6) is 0.107. The molecule has 0 radical (unpaired) electrons. The van der Waals surface area contributed by atoms with Crippen molar-refractivity contribution < 1.29 is 4.79 Å². The van der Waals surface area contributed by atoms with E-state index < -0.39 is 0 Å². The summed E-state index contributed by atoms with van der Waals surface area (Å²) in [5.41, 5.74) is 2.36. The standard InChI is InChI=1S/C18H14ClN5OS/c19-15-2-1-3-16(8-15)24-12-22-23-18(24)26-11-17(25)21-10-14-6-4-13(9-20)5-7-14/h1-8,12H,10-11H2,(H,21,25). The normalized spacial score (nSPS) is 10.3. The lowest BCUT2D eigenvalue weighted by molar-refractivity contribution is -0.118. The summed E-state index contributed by atoms with van der Waals surface area (Å²) < 4.78 is 1.78. The first-order chi connectivity index (χ1) is 12.7. The van der Waals surface area contributed by atoms with Crippen LogP contribution in [0.2, 0.25) is 5.02 Å². The number of benzene rings is 2. The number of nitrogens with one attached hydrogen (secondary N) is 1. The fraction of sp³-hybridized carbons (Fsp3) is 0.111. The van der Waals surface area contributed by atoms with Gasteiger partial charge in [-0.25, -0.2) is 0 Å². The van der Waals surface area contributed by atoms with Crippen LogP contribution in [0.4, 0.5) is 0 Å². The van der Waals surface area contributed by atoms with Gasteiger partial charge in [0.05, 0.1) is 23.1 Å². The molecule has 3 aromatic rings. The van der Waals surface area contributed by atoms with Crippen molar-refractivity contribution in [2.45, 2.75) is 11.7 Å².